The Balaban J connectivity index is 1.24. The maximum absolute atomic E-state index is 13.9. The highest BCUT2D eigenvalue weighted by molar-refractivity contribution is 5.93. The second-order valence-corrected chi connectivity index (χ2v) is 12.6. The van der Waals surface area contributed by atoms with Crippen LogP contribution in [0.25, 0.3) is 0 Å². The van der Waals surface area contributed by atoms with Gasteiger partial charge in [-0.2, -0.15) is 0 Å². The number of ether oxygens (including phenoxy) is 3. The number of amides is 3. The lowest BCUT2D eigenvalue weighted by Crippen LogP contribution is -2.53. The molecule has 1 aliphatic carbocycles. The van der Waals surface area contributed by atoms with Crippen LogP contribution in [-0.4, -0.2) is 92.8 Å². The van der Waals surface area contributed by atoms with Gasteiger partial charge in [0, 0.05) is 56.1 Å². The third-order valence-electron chi connectivity index (χ3n) is 9.63. The van der Waals surface area contributed by atoms with Gasteiger partial charge in [0.25, 0.3) is 0 Å². The highest BCUT2D eigenvalue weighted by Crippen LogP contribution is 2.36. The lowest BCUT2D eigenvalue weighted by molar-refractivity contribution is -0.131. The smallest absolute Gasteiger partial charge is 0.325 e. The van der Waals surface area contributed by atoms with Gasteiger partial charge in [-0.15, -0.1) is 0 Å². The lowest BCUT2D eigenvalue weighted by Gasteiger charge is -2.40. The van der Waals surface area contributed by atoms with Crippen molar-refractivity contribution in [1.82, 2.24) is 14.7 Å². The van der Waals surface area contributed by atoms with E-state index in [2.05, 4.69) is 18.7 Å². The van der Waals surface area contributed by atoms with Crippen molar-refractivity contribution in [2.24, 2.45) is 5.92 Å². The Bertz CT molecular complexity index is 1300. The monoisotopic (exact) mass is 606 g/mol. The molecular weight excluding hydrogens is 556 g/mol. The van der Waals surface area contributed by atoms with E-state index in [1.165, 1.54) is 19.3 Å². The number of urea groups is 1. The summed E-state index contributed by atoms with van der Waals surface area (Å²) in [6.45, 7) is 8.94. The minimum absolute atomic E-state index is 0.0470. The van der Waals surface area contributed by atoms with Crippen molar-refractivity contribution in [2.45, 2.75) is 77.4 Å². The van der Waals surface area contributed by atoms with E-state index in [1.807, 2.05) is 58.1 Å². The number of nitrogens with zero attached hydrogens (tertiary/aromatic N) is 4. The van der Waals surface area contributed by atoms with Crippen LogP contribution in [0.5, 0.6) is 17.2 Å². The van der Waals surface area contributed by atoms with Gasteiger partial charge in [-0.3, -0.25) is 9.69 Å². The molecule has 5 rings (SSSR count). The molecule has 3 amide bonds. The van der Waals surface area contributed by atoms with Crippen LogP contribution in [0.1, 0.15) is 63.5 Å². The quantitative estimate of drug-likeness (QED) is 0.261. The summed E-state index contributed by atoms with van der Waals surface area (Å²) in [6.07, 6.45) is 7.10. The number of anilines is 1. The number of hydrogen-bond acceptors (Lipinski definition) is 6. The minimum atomic E-state index is -0.0470. The van der Waals surface area contributed by atoms with Crippen molar-refractivity contribution < 1.29 is 23.8 Å². The summed E-state index contributed by atoms with van der Waals surface area (Å²) in [5, 5.41) is 0. The molecule has 0 N–H and O–H groups in total. The van der Waals surface area contributed by atoms with Crippen LogP contribution in [0.4, 0.5) is 10.5 Å². The van der Waals surface area contributed by atoms with E-state index >= 15 is 0 Å². The number of hydrogen-bond donors (Lipinski definition) is 0. The summed E-state index contributed by atoms with van der Waals surface area (Å²) in [5.74, 6) is 3.03. The molecule has 2 aromatic rings. The first-order valence-corrected chi connectivity index (χ1v) is 16.3. The van der Waals surface area contributed by atoms with Crippen molar-refractivity contribution in [3.8, 4) is 17.2 Å². The number of likely N-dealkylation sites (tertiary alicyclic amines) is 1. The van der Waals surface area contributed by atoms with Crippen LogP contribution in [0, 0.1) is 5.92 Å². The molecule has 3 fully saturated rings. The van der Waals surface area contributed by atoms with E-state index in [9.17, 15) is 9.59 Å². The van der Waals surface area contributed by atoms with Gasteiger partial charge in [0.05, 0.1) is 33.8 Å². The Kier molecular flexibility index (Phi) is 10.6. The summed E-state index contributed by atoms with van der Waals surface area (Å²) in [5.41, 5.74) is 2.64. The molecule has 2 aliphatic heterocycles. The van der Waals surface area contributed by atoms with E-state index < -0.39 is 0 Å². The van der Waals surface area contributed by atoms with Crippen LogP contribution < -0.4 is 19.1 Å². The Hall–Kier alpha value is -3.46. The normalized spacial score (nSPS) is 20.6. The SMILES string of the molecule is CCN1CCC(N(C)C(=O)Cc2ccc(CN3C(=O)N(c4ccc(OC)c(OCCCC5CC5)c4)CC[C@@H]3C)c(OC)c2)C1. The summed E-state index contributed by atoms with van der Waals surface area (Å²) in [6, 6.07) is 12.0. The Labute approximate surface area is 263 Å². The molecule has 2 atom stereocenters. The first-order valence-electron chi connectivity index (χ1n) is 16.3. The van der Waals surface area contributed by atoms with Crippen LogP contribution in [0.15, 0.2) is 36.4 Å². The Morgan fingerprint density at radius 2 is 1.77 bits per heavy atom. The van der Waals surface area contributed by atoms with Gasteiger partial charge < -0.3 is 28.9 Å². The molecule has 2 heterocycles. The molecule has 9 nitrogen and oxygen atoms in total. The maximum atomic E-state index is 13.9. The molecule has 44 heavy (non-hydrogen) atoms. The molecule has 2 aromatic carbocycles. The van der Waals surface area contributed by atoms with E-state index in [1.54, 1.807) is 14.2 Å². The van der Waals surface area contributed by atoms with Gasteiger partial charge in [0.1, 0.15) is 5.75 Å². The molecule has 0 aromatic heterocycles. The number of carbonyl (C=O) groups excluding carboxylic acids is 2. The van der Waals surface area contributed by atoms with Gasteiger partial charge in [0.15, 0.2) is 11.5 Å². The maximum Gasteiger partial charge on any atom is 0.325 e. The number of rotatable bonds is 14. The molecule has 1 unspecified atom stereocenters. The van der Waals surface area contributed by atoms with Crippen LogP contribution in [-0.2, 0) is 17.8 Å². The first kappa shape index (κ1) is 31.9. The fraction of sp³-hybridized carbons (Fsp3) is 0.600. The van der Waals surface area contributed by atoms with Crippen molar-refractivity contribution >= 4 is 17.6 Å². The lowest BCUT2D eigenvalue weighted by atomic mass is 10.0. The topological polar surface area (TPSA) is 74.8 Å². The largest absolute Gasteiger partial charge is 0.496 e. The third-order valence-corrected chi connectivity index (χ3v) is 9.63. The second kappa shape index (κ2) is 14.5. The predicted octanol–water partition coefficient (Wildman–Crippen LogP) is 5.59. The summed E-state index contributed by atoms with van der Waals surface area (Å²) < 4.78 is 17.4. The highest BCUT2D eigenvalue weighted by atomic mass is 16.5. The zero-order chi connectivity index (χ0) is 31.2. The molecule has 0 spiro atoms. The summed E-state index contributed by atoms with van der Waals surface area (Å²) in [4.78, 5) is 35.0. The van der Waals surface area contributed by atoms with Crippen LogP contribution >= 0.6 is 0 Å². The number of methoxy groups -OCH3 is 2. The van der Waals surface area contributed by atoms with Crippen molar-refractivity contribution in [3.63, 3.8) is 0 Å². The summed E-state index contributed by atoms with van der Waals surface area (Å²) >= 11 is 0. The molecule has 0 bridgehead atoms. The average molecular weight is 607 g/mol. The van der Waals surface area contributed by atoms with Gasteiger partial charge in [0.2, 0.25) is 5.91 Å². The van der Waals surface area contributed by atoms with E-state index in [0.717, 1.165) is 61.6 Å². The van der Waals surface area contributed by atoms with Gasteiger partial charge in [-0.05, 0) is 68.8 Å². The molecule has 3 aliphatic rings. The Morgan fingerprint density at radius 1 is 0.977 bits per heavy atom. The molecule has 9 heteroatoms. The van der Waals surface area contributed by atoms with Crippen molar-refractivity contribution in [1.29, 1.82) is 0 Å². The fourth-order valence-electron chi connectivity index (χ4n) is 6.41. The number of likely N-dealkylation sites (N-methyl/N-ethyl adjacent to an activating group) is 2. The van der Waals surface area contributed by atoms with Crippen molar-refractivity contribution in [2.75, 3.05) is 59.0 Å². The molecule has 1 saturated carbocycles. The van der Waals surface area contributed by atoms with Gasteiger partial charge in [-0.25, -0.2) is 4.79 Å². The molecule has 2 saturated heterocycles. The highest BCUT2D eigenvalue weighted by Gasteiger charge is 2.33. The second-order valence-electron chi connectivity index (χ2n) is 12.6. The van der Waals surface area contributed by atoms with Gasteiger partial charge in [-0.1, -0.05) is 31.9 Å². The van der Waals surface area contributed by atoms with Crippen LogP contribution in [0.3, 0.4) is 0 Å². The van der Waals surface area contributed by atoms with Gasteiger partial charge >= 0.3 is 6.03 Å². The Morgan fingerprint density at radius 3 is 2.48 bits per heavy atom. The molecule has 0 radical (unpaired) electrons. The molecule has 240 valence electrons. The number of benzene rings is 2. The van der Waals surface area contributed by atoms with E-state index in [-0.39, 0.29) is 24.0 Å². The molecular formula is C35H50N4O5. The van der Waals surface area contributed by atoms with Crippen molar-refractivity contribution in [3.05, 3.63) is 47.5 Å². The van der Waals surface area contributed by atoms with Crippen LogP contribution in [0.2, 0.25) is 0 Å². The van der Waals surface area contributed by atoms with E-state index in [0.29, 0.717) is 43.4 Å². The standard InChI is InChI=1S/C35H50N4O5/c1-6-37-17-16-30(24-37)36(3)34(40)21-27-11-12-28(32(20-27)43-5)23-39-25(2)15-18-38(35(39)41)29-13-14-31(42-4)33(22-29)44-19-7-8-26-9-10-26/h11-14,20,22,25-26,30H,6-10,15-19,21,23-24H2,1-5H3/t25-,30?/m0/s1. The number of carbonyl (C=O) groups is 2. The zero-order valence-electron chi connectivity index (χ0n) is 27.2. The zero-order valence-corrected chi connectivity index (χ0v) is 27.2. The summed E-state index contributed by atoms with van der Waals surface area (Å²) in [7, 11) is 5.20. The predicted molar refractivity (Wildman–Crippen MR) is 173 cm³/mol. The first-order chi connectivity index (χ1) is 21.3. The average Bonchev–Trinajstić information content (AvgIpc) is 3.74. The third kappa shape index (κ3) is 7.60. The van der Waals surface area contributed by atoms with E-state index in [4.69, 9.17) is 14.2 Å². The minimum Gasteiger partial charge on any atom is -0.496 e. The fourth-order valence-corrected chi connectivity index (χ4v) is 6.41.